The highest BCUT2D eigenvalue weighted by atomic mass is 79.9. The van der Waals surface area contributed by atoms with Crippen LogP contribution in [0.25, 0.3) is 0 Å². The van der Waals surface area contributed by atoms with Crippen molar-refractivity contribution in [1.82, 2.24) is 19.8 Å². The lowest BCUT2D eigenvalue weighted by molar-refractivity contribution is -0.165. The van der Waals surface area contributed by atoms with Crippen LogP contribution in [-0.4, -0.2) is 81.8 Å². The predicted molar refractivity (Wildman–Crippen MR) is 210 cm³/mol. The molecule has 2 amide bonds. The summed E-state index contributed by atoms with van der Waals surface area (Å²) in [6.07, 6.45) is 7.74. The molecule has 1 N–H and O–H groups in total. The van der Waals surface area contributed by atoms with E-state index >= 15 is 0 Å². The summed E-state index contributed by atoms with van der Waals surface area (Å²) >= 11 is 3.32. The van der Waals surface area contributed by atoms with Crippen molar-refractivity contribution in [3.05, 3.63) is 130 Å². The van der Waals surface area contributed by atoms with E-state index in [0.29, 0.717) is 25.6 Å². The smallest absolute Gasteiger partial charge is 0.417 e. The molecule has 2 unspecified atom stereocenters. The second-order valence-electron chi connectivity index (χ2n) is 13.5. The lowest BCUT2D eigenvalue weighted by Gasteiger charge is -2.32. The Bertz CT molecular complexity index is 1800. The van der Waals surface area contributed by atoms with Crippen LogP contribution in [0.1, 0.15) is 53.8 Å². The van der Waals surface area contributed by atoms with Gasteiger partial charge >= 0.3 is 24.1 Å². The third kappa shape index (κ3) is 15.9. The van der Waals surface area contributed by atoms with Crippen molar-refractivity contribution in [2.75, 3.05) is 32.8 Å². The number of carbonyl (C=O) groups excluding carboxylic acids is 3. The molecule has 2 aromatic heterocycles. The van der Waals surface area contributed by atoms with Gasteiger partial charge in [0.1, 0.15) is 13.2 Å². The highest BCUT2D eigenvalue weighted by Crippen LogP contribution is 2.22. The van der Waals surface area contributed by atoms with Crippen LogP contribution >= 0.6 is 15.9 Å². The quantitative estimate of drug-likeness (QED) is 0.106. The van der Waals surface area contributed by atoms with Crippen molar-refractivity contribution in [3.8, 4) is 0 Å². The molecule has 2 atom stereocenters. The first kappa shape index (κ1) is 42.4. The molecule has 0 bridgehead atoms. The van der Waals surface area contributed by atoms with Gasteiger partial charge in [0.05, 0.1) is 6.61 Å². The Kier molecular flexibility index (Phi) is 17.6. The molecule has 2 fully saturated rings. The van der Waals surface area contributed by atoms with Crippen molar-refractivity contribution in [2.24, 2.45) is 11.8 Å². The van der Waals surface area contributed by atoms with Crippen LogP contribution in [0.5, 0.6) is 0 Å². The van der Waals surface area contributed by atoms with Crippen molar-refractivity contribution < 1.29 is 38.5 Å². The van der Waals surface area contributed by atoms with Gasteiger partial charge in [-0.05, 0) is 92.8 Å². The molecule has 4 heterocycles. The zero-order valence-electron chi connectivity index (χ0n) is 31.3. The minimum absolute atomic E-state index is 0.00635. The zero-order valence-corrected chi connectivity index (χ0v) is 32.9. The number of aromatic nitrogens is 2. The average Bonchev–Trinajstić information content (AvgIpc) is 3.19. The molecule has 292 valence electrons. The first-order valence-corrected chi connectivity index (χ1v) is 19.2. The molecule has 0 spiro atoms. The number of hydrogen-bond acceptors (Lipinski definition) is 9. The molecule has 2 saturated heterocycles. The second-order valence-corrected chi connectivity index (χ2v) is 14.4. The minimum atomic E-state index is -1.61. The Morgan fingerprint density at radius 2 is 1.20 bits per heavy atom. The van der Waals surface area contributed by atoms with Crippen molar-refractivity contribution >= 4 is 40.1 Å². The summed E-state index contributed by atoms with van der Waals surface area (Å²) in [5.74, 6) is -2.46. The first-order valence-electron chi connectivity index (χ1n) is 18.4. The van der Waals surface area contributed by atoms with Gasteiger partial charge in [-0.1, -0.05) is 76.6 Å². The Balaban J connectivity index is 0.000000204. The number of aliphatic carboxylic acids is 1. The van der Waals surface area contributed by atoms with Crippen LogP contribution in [0.15, 0.2) is 102 Å². The van der Waals surface area contributed by atoms with Gasteiger partial charge in [0.2, 0.25) is 0 Å². The fraction of sp³-hybridized carbons (Fsp3) is 0.381. The van der Waals surface area contributed by atoms with Crippen molar-refractivity contribution in [1.29, 1.82) is 0 Å². The number of esters is 1. The number of carboxylic acid groups (broad SMARTS) is 1. The van der Waals surface area contributed by atoms with E-state index in [2.05, 4.69) is 42.8 Å². The van der Waals surface area contributed by atoms with Gasteiger partial charge in [0.15, 0.2) is 0 Å². The number of piperidine rings is 2. The number of hydrogen-bond donors (Lipinski definition) is 1. The number of benzene rings is 2. The Hall–Kier alpha value is -5.30. The predicted octanol–water partition coefficient (Wildman–Crippen LogP) is 7.80. The standard InChI is InChI=1S/C20H24N2O2.C16H19NO6.C6H6BrN/c1-16-12-18(9-10-21-16)13-19-8-5-11-22(14-19)20(23)24-15-17-6-3-2-4-7-17;18-14(19)15(20)22-11-13-7-4-8-17(9-13)16(21)23-10-12-5-2-1-3-6-12;1-5-4-6(7)2-3-8-5/h2-4,6-7,9-10,12,19H,5,8,11,13-15H2,1H3;1-3,5-6,13H,4,7-11H2,(H,18,19);2-4H,1H3. The van der Waals surface area contributed by atoms with E-state index in [0.717, 1.165) is 72.2 Å². The SMILES string of the molecule is Cc1cc(Br)ccn1.Cc1cc(CC2CCCN(C(=O)OCc3ccccc3)C2)ccn1.O=C(O)C(=O)OCC1CCCN(C(=O)OCc2ccccc2)C1. The fourth-order valence-electron chi connectivity index (χ4n) is 6.22. The summed E-state index contributed by atoms with van der Waals surface area (Å²) < 4.78 is 16.5. The van der Waals surface area contributed by atoms with Gasteiger partial charge in [-0.15, -0.1) is 0 Å². The van der Waals surface area contributed by atoms with E-state index in [1.807, 2.05) is 97.7 Å². The Labute approximate surface area is 331 Å². The molecule has 13 heteroatoms. The molecule has 2 aliphatic rings. The fourth-order valence-corrected chi connectivity index (χ4v) is 6.67. The van der Waals surface area contributed by atoms with E-state index in [9.17, 15) is 19.2 Å². The topological polar surface area (TPSA) is 148 Å². The van der Waals surface area contributed by atoms with Gasteiger partial charge in [-0.2, -0.15) is 0 Å². The Morgan fingerprint density at radius 3 is 1.69 bits per heavy atom. The van der Waals surface area contributed by atoms with Gasteiger partial charge in [0.25, 0.3) is 0 Å². The van der Waals surface area contributed by atoms with E-state index in [1.54, 1.807) is 11.1 Å². The number of amides is 2. The molecule has 4 aromatic rings. The monoisotopic (exact) mass is 816 g/mol. The van der Waals surface area contributed by atoms with Crippen molar-refractivity contribution in [3.63, 3.8) is 0 Å². The number of pyridine rings is 2. The number of carbonyl (C=O) groups is 4. The van der Waals surface area contributed by atoms with Crippen molar-refractivity contribution in [2.45, 2.75) is 59.2 Å². The highest BCUT2D eigenvalue weighted by Gasteiger charge is 2.27. The highest BCUT2D eigenvalue weighted by molar-refractivity contribution is 9.10. The average molecular weight is 818 g/mol. The van der Waals surface area contributed by atoms with E-state index in [1.165, 1.54) is 5.56 Å². The lowest BCUT2D eigenvalue weighted by atomic mass is 9.91. The Morgan fingerprint density at radius 1 is 0.691 bits per heavy atom. The maximum absolute atomic E-state index is 12.3. The van der Waals surface area contributed by atoms with E-state index in [-0.39, 0.29) is 25.2 Å². The zero-order chi connectivity index (χ0) is 39.4. The number of nitrogens with zero attached hydrogens (tertiary/aromatic N) is 4. The van der Waals surface area contributed by atoms with Crippen LogP contribution < -0.4 is 0 Å². The summed E-state index contributed by atoms with van der Waals surface area (Å²) in [6, 6.07) is 27.3. The third-order valence-electron chi connectivity index (χ3n) is 8.93. The largest absolute Gasteiger partial charge is 0.473 e. The normalized spacial score (nSPS) is 16.3. The number of rotatable bonds is 8. The minimum Gasteiger partial charge on any atom is -0.473 e. The van der Waals surface area contributed by atoms with E-state index < -0.39 is 18.0 Å². The number of halogens is 1. The maximum Gasteiger partial charge on any atom is 0.417 e. The number of aryl methyl sites for hydroxylation is 2. The summed E-state index contributed by atoms with van der Waals surface area (Å²) in [5, 5.41) is 8.47. The second kappa shape index (κ2) is 22.8. The molecule has 2 aromatic carbocycles. The van der Waals surface area contributed by atoms with Gasteiger partial charge in [-0.3, -0.25) is 9.97 Å². The lowest BCUT2D eigenvalue weighted by Crippen LogP contribution is -2.41. The summed E-state index contributed by atoms with van der Waals surface area (Å²) in [5.41, 5.74) is 5.31. The van der Waals surface area contributed by atoms with Crippen LogP contribution in [0.4, 0.5) is 9.59 Å². The molecular weight excluding hydrogens is 768 g/mol. The molecule has 0 saturated carbocycles. The molecule has 55 heavy (non-hydrogen) atoms. The van der Waals surface area contributed by atoms with Crippen LogP contribution in [-0.2, 0) is 43.4 Å². The van der Waals surface area contributed by atoms with Gasteiger partial charge < -0.3 is 29.1 Å². The molecule has 0 aliphatic carbocycles. The molecule has 12 nitrogen and oxygen atoms in total. The maximum atomic E-state index is 12.3. The number of carboxylic acids is 1. The summed E-state index contributed by atoms with van der Waals surface area (Å²) in [4.78, 5) is 57.4. The van der Waals surface area contributed by atoms with Gasteiger partial charge in [-0.25, -0.2) is 19.2 Å². The number of likely N-dealkylation sites (tertiary alicyclic amines) is 2. The number of ether oxygens (including phenoxy) is 3. The molecule has 2 aliphatic heterocycles. The molecule has 0 radical (unpaired) electrons. The van der Waals surface area contributed by atoms with Crippen LogP contribution in [0.2, 0.25) is 0 Å². The molecule has 6 rings (SSSR count). The summed E-state index contributed by atoms with van der Waals surface area (Å²) in [6.45, 7) is 7.04. The van der Waals surface area contributed by atoms with Crippen LogP contribution in [0.3, 0.4) is 0 Å². The summed E-state index contributed by atoms with van der Waals surface area (Å²) in [7, 11) is 0. The van der Waals surface area contributed by atoms with Gasteiger partial charge in [0, 0.05) is 60.4 Å². The van der Waals surface area contributed by atoms with Crippen LogP contribution in [0, 0.1) is 25.7 Å². The van der Waals surface area contributed by atoms with E-state index in [4.69, 9.17) is 14.6 Å². The third-order valence-corrected chi connectivity index (χ3v) is 9.43. The first-order chi connectivity index (χ1) is 26.5. The molecular formula is C42H49BrN4O8.